The molecular formula is C22H26N2O3S. The van der Waals surface area contributed by atoms with Crippen LogP contribution < -0.4 is 5.32 Å². The first-order valence-electron chi connectivity index (χ1n) is 9.97. The second-order valence-corrected chi connectivity index (χ2v) is 10.6. The highest BCUT2D eigenvalue weighted by atomic mass is 32.1. The average Bonchev–Trinajstić information content (AvgIpc) is 3.31. The molecule has 2 bridgehead atoms. The zero-order valence-corrected chi connectivity index (χ0v) is 17.3. The third-order valence-corrected chi connectivity index (χ3v) is 8.06. The molecular weight excluding hydrogens is 372 g/mol. The Morgan fingerprint density at radius 1 is 1.25 bits per heavy atom. The van der Waals surface area contributed by atoms with Gasteiger partial charge in [0, 0.05) is 4.88 Å². The number of nitriles is 1. The molecule has 4 rings (SSSR count). The van der Waals surface area contributed by atoms with E-state index in [4.69, 9.17) is 0 Å². The van der Waals surface area contributed by atoms with Crippen LogP contribution in [0.15, 0.2) is 12.2 Å². The number of carbonyl (C=O) groups excluding carboxylic acids is 1. The maximum absolute atomic E-state index is 13.0. The van der Waals surface area contributed by atoms with E-state index >= 15 is 0 Å². The number of fused-ring (bicyclic) bond motifs is 3. The van der Waals surface area contributed by atoms with E-state index in [-0.39, 0.29) is 23.2 Å². The highest BCUT2D eigenvalue weighted by Gasteiger charge is 2.51. The van der Waals surface area contributed by atoms with Crippen LogP contribution in [0.1, 0.15) is 49.6 Å². The lowest BCUT2D eigenvalue weighted by Gasteiger charge is -2.33. The predicted octanol–water partition coefficient (Wildman–Crippen LogP) is 4.23. The lowest BCUT2D eigenvalue weighted by molar-refractivity contribution is -0.146. The number of thiophene rings is 1. The zero-order valence-electron chi connectivity index (χ0n) is 16.5. The molecule has 0 saturated heterocycles. The summed E-state index contributed by atoms with van der Waals surface area (Å²) in [5.74, 6) is -1.90. The monoisotopic (exact) mass is 398 g/mol. The number of carbonyl (C=O) groups is 2. The number of nitrogens with one attached hydrogen (secondary N) is 1. The Morgan fingerprint density at radius 3 is 2.54 bits per heavy atom. The molecule has 148 valence electrons. The molecule has 1 aromatic rings. The molecule has 0 radical (unpaired) electrons. The number of carboxylic acids is 1. The van der Waals surface area contributed by atoms with Gasteiger partial charge in [0.15, 0.2) is 0 Å². The van der Waals surface area contributed by atoms with Crippen LogP contribution in [0.4, 0.5) is 5.00 Å². The summed E-state index contributed by atoms with van der Waals surface area (Å²) < 4.78 is 0. The Bertz CT molecular complexity index is 902. The Labute approximate surface area is 169 Å². The van der Waals surface area contributed by atoms with Gasteiger partial charge in [0.2, 0.25) is 5.91 Å². The van der Waals surface area contributed by atoms with E-state index in [0.29, 0.717) is 16.5 Å². The fourth-order valence-electron chi connectivity index (χ4n) is 5.24. The van der Waals surface area contributed by atoms with Crippen LogP contribution in [-0.2, 0) is 22.4 Å². The first-order valence-corrected chi connectivity index (χ1v) is 10.8. The number of rotatable bonds is 3. The van der Waals surface area contributed by atoms with Crippen LogP contribution in [0.3, 0.4) is 0 Å². The Kier molecular flexibility index (Phi) is 4.62. The van der Waals surface area contributed by atoms with Crippen molar-refractivity contribution >= 4 is 28.2 Å². The van der Waals surface area contributed by atoms with E-state index in [1.165, 1.54) is 16.2 Å². The van der Waals surface area contributed by atoms with Crippen molar-refractivity contribution in [1.29, 1.82) is 5.26 Å². The first kappa shape index (κ1) is 19.2. The third kappa shape index (κ3) is 3.06. The fourth-order valence-corrected chi connectivity index (χ4v) is 6.52. The first-order chi connectivity index (χ1) is 13.2. The van der Waals surface area contributed by atoms with Crippen molar-refractivity contribution < 1.29 is 14.7 Å². The van der Waals surface area contributed by atoms with Gasteiger partial charge in [-0.3, -0.25) is 9.59 Å². The van der Waals surface area contributed by atoms with Gasteiger partial charge in [-0.1, -0.05) is 32.9 Å². The lowest BCUT2D eigenvalue weighted by Crippen LogP contribution is -2.36. The van der Waals surface area contributed by atoms with Crippen molar-refractivity contribution in [3.8, 4) is 6.07 Å². The summed E-state index contributed by atoms with van der Waals surface area (Å²) in [4.78, 5) is 25.9. The summed E-state index contributed by atoms with van der Waals surface area (Å²) in [5.41, 5.74) is 1.86. The van der Waals surface area contributed by atoms with Gasteiger partial charge in [0.1, 0.15) is 11.1 Å². The molecule has 2 N–H and O–H groups in total. The summed E-state index contributed by atoms with van der Waals surface area (Å²) in [5, 5.41) is 22.9. The molecule has 5 nitrogen and oxygen atoms in total. The summed E-state index contributed by atoms with van der Waals surface area (Å²) in [6, 6.07) is 2.29. The molecule has 5 atom stereocenters. The Hall–Kier alpha value is -2.13. The summed E-state index contributed by atoms with van der Waals surface area (Å²) in [6.45, 7) is 6.75. The maximum atomic E-state index is 13.0. The van der Waals surface area contributed by atoms with Crippen molar-refractivity contribution in [2.75, 3.05) is 5.32 Å². The molecule has 0 spiro atoms. The van der Waals surface area contributed by atoms with Gasteiger partial charge in [-0.2, -0.15) is 5.26 Å². The minimum atomic E-state index is -0.906. The molecule has 5 unspecified atom stereocenters. The highest BCUT2D eigenvalue weighted by molar-refractivity contribution is 7.16. The van der Waals surface area contributed by atoms with Crippen LogP contribution in [0.25, 0.3) is 0 Å². The normalized spacial score (nSPS) is 30.7. The van der Waals surface area contributed by atoms with E-state index in [9.17, 15) is 20.0 Å². The SMILES string of the molecule is CC(C)(C)C1CCc2c(sc(NC(=O)C3C4C=CC(C4)C3C(=O)O)c2C#N)C1. The summed E-state index contributed by atoms with van der Waals surface area (Å²) >= 11 is 1.50. The van der Waals surface area contributed by atoms with Crippen LogP contribution >= 0.6 is 11.3 Å². The number of anilines is 1. The molecule has 1 heterocycles. The van der Waals surface area contributed by atoms with Crippen molar-refractivity contribution in [3.63, 3.8) is 0 Å². The highest BCUT2D eigenvalue weighted by Crippen LogP contribution is 2.49. The molecule has 6 heteroatoms. The van der Waals surface area contributed by atoms with Gasteiger partial charge in [-0.25, -0.2) is 0 Å². The topological polar surface area (TPSA) is 90.2 Å². The van der Waals surface area contributed by atoms with Crippen molar-refractivity contribution in [3.05, 3.63) is 28.2 Å². The predicted molar refractivity (Wildman–Crippen MR) is 108 cm³/mol. The van der Waals surface area contributed by atoms with Gasteiger partial charge in [0.05, 0.1) is 17.4 Å². The molecule has 28 heavy (non-hydrogen) atoms. The van der Waals surface area contributed by atoms with E-state index in [1.54, 1.807) is 0 Å². The molecule has 1 amide bonds. The lowest BCUT2D eigenvalue weighted by atomic mass is 9.72. The van der Waals surface area contributed by atoms with Crippen molar-refractivity contribution in [1.82, 2.24) is 0 Å². The van der Waals surface area contributed by atoms with Crippen molar-refractivity contribution in [2.45, 2.75) is 46.5 Å². The number of amides is 1. The van der Waals surface area contributed by atoms with Gasteiger partial charge < -0.3 is 10.4 Å². The molecule has 1 aromatic heterocycles. The van der Waals surface area contributed by atoms with E-state index in [0.717, 1.165) is 31.2 Å². The minimum absolute atomic E-state index is 0.0171. The third-order valence-electron chi connectivity index (χ3n) is 6.89. The fraction of sp³-hybridized carbons (Fsp3) is 0.591. The van der Waals surface area contributed by atoms with Crippen molar-refractivity contribution in [2.24, 2.45) is 35.0 Å². The van der Waals surface area contributed by atoms with Gasteiger partial charge >= 0.3 is 5.97 Å². The smallest absolute Gasteiger partial charge is 0.307 e. The Balaban J connectivity index is 1.59. The molecule has 0 aromatic carbocycles. The number of carboxylic acid groups (broad SMARTS) is 1. The maximum Gasteiger partial charge on any atom is 0.307 e. The quantitative estimate of drug-likeness (QED) is 0.746. The molecule has 3 aliphatic rings. The number of aliphatic carboxylic acids is 1. The number of hydrogen-bond donors (Lipinski definition) is 2. The second kappa shape index (κ2) is 6.73. The van der Waals surface area contributed by atoms with E-state index in [2.05, 4.69) is 32.2 Å². The van der Waals surface area contributed by atoms with Crippen LogP contribution in [0.2, 0.25) is 0 Å². The summed E-state index contributed by atoms with van der Waals surface area (Å²) in [6.07, 6.45) is 7.49. The van der Waals surface area contributed by atoms with Crippen LogP contribution in [0, 0.1) is 46.3 Å². The van der Waals surface area contributed by atoms with E-state index < -0.39 is 17.8 Å². The largest absolute Gasteiger partial charge is 0.481 e. The number of nitrogens with zero attached hydrogens (tertiary/aromatic N) is 1. The number of allylic oxidation sites excluding steroid dienone is 2. The van der Waals surface area contributed by atoms with Crippen LogP contribution in [-0.4, -0.2) is 17.0 Å². The molecule has 1 saturated carbocycles. The van der Waals surface area contributed by atoms with Crippen LogP contribution in [0.5, 0.6) is 0 Å². The Morgan fingerprint density at radius 2 is 1.93 bits per heavy atom. The standard InChI is InChI=1S/C22H26N2O3S/c1-22(2,3)13-6-7-14-15(10-23)20(28-16(14)9-13)24-19(25)17-11-4-5-12(8-11)18(17)21(26)27/h4-5,11-13,17-18H,6-9H2,1-3H3,(H,24,25)(H,26,27). The number of hydrogen-bond acceptors (Lipinski definition) is 4. The van der Waals surface area contributed by atoms with Gasteiger partial charge in [-0.15, -0.1) is 11.3 Å². The average molecular weight is 399 g/mol. The zero-order chi connectivity index (χ0) is 20.2. The summed E-state index contributed by atoms with van der Waals surface area (Å²) in [7, 11) is 0. The van der Waals surface area contributed by atoms with Gasteiger partial charge in [-0.05, 0) is 54.4 Å². The minimum Gasteiger partial charge on any atom is -0.481 e. The molecule has 0 aliphatic heterocycles. The van der Waals surface area contributed by atoms with E-state index in [1.807, 2.05) is 12.2 Å². The van der Waals surface area contributed by atoms with Gasteiger partial charge in [0.25, 0.3) is 0 Å². The second-order valence-electron chi connectivity index (χ2n) is 9.45. The molecule has 3 aliphatic carbocycles. The molecule has 1 fully saturated rings.